The van der Waals surface area contributed by atoms with Crippen molar-refractivity contribution in [1.29, 1.82) is 0 Å². The Kier molecular flexibility index (Phi) is 6.39. The molecule has 0 aliphatic carbocycles. The molecule has 1 unspecified atom stereocenters. The van der Waals surface area contributed by atoms with Gasteiger partial charge in [0.05, 0.1) is 17.6 Å². The van der Waals surface area contributed by atoms with E-state index in [0.717, 1.165) is 41.6 Å². The topological polar surface area (TPSA) is 60.0 Å². The molecule has 3 aromatic rings. The molecule has 0 bridgehead atoms. The van der Waals surface area contributed by atoms with Gasteiger partial charge in [-0.15, -0.1) is 11.3 Å². The van der Waals surface area contributed by atoms with E-state index in [-0.39, 0.29) is 12.0 Å². The smallest absolute Gasteiger partial charge is 0.261 e. The van der Waals surface area contributed by atoms with Crippen molar-refractivity contribution in [2.24, 2.45) is 0 Å². The number of morpholine rings is 1. The highest BCUT2D eigenvalue weighted by atomic mass is 32.1. The van der Waals surface area contributed by atoms with Crippen molar-refractivity contribution in [2.75, 3.05) is 39.5 Å². The van der Waals surface area contributed by atoms with Crippen molar-refractivity contribution < 1.29 is 19.0 Å². The largest absolute Gasteiger partial charge is 0.486 e. The Morgan fingerprint density at radius 1 is 1.00 bits per heavy atom. The van der Waals surface area contributed by atoms with Gasteiger partial charge in [0.25, 0.3) is 5.91 Å². The van der Waals surface area contributed by atoms with Gasteiger partial charge in [-0.3, -0.25) is 9.69 Å². The molecule has 0 saturated carbocycles. The molecule has 166 valence electrons. The van der Waals surface area contributed by atoms with Crippen molar-refractivity contribution in [3.05, 3.63) is 71.1 Å². The average Bonchev–Trinajstić information content (AvgIpc) is 3.34. The van der Waals surface area contributed by atoms with E-state index in [2.05, 4.69) is 34.5 Å². The van der Waals surface area contributed by atoms with Gasteiger partial charge in [0.15, 0.2) is 11.5 Å². The number of hydrogen-bond acceptors (Lipinski definition) is 6. The number of fused-ring (bicyclic) bond motifs is 1. The Morgan fingerprint density at radius 2 is 1.84 bits per heavy atom. The van der Waals surface area contributed by atoms with Crippen molar-refractivity contribution in [1.82, 2.24) is 10.2 Å². The molecule has 7 heteroatoms. The van der Waals surface area contributed by atoms with Crippen LogP contribution in [0.15, 0.2) is 60.7 Å². The van der Waals surface area contributed by atoms with Gasteiger partial charge in [-0.25, -0.2) is 0 Å². The number of carbonyl (C=O) groups excluding carboxylic acids is 1. The van der Waals surface area contributed by atoms with E-state index in [1.54, 1.807) is 0 Å². The zero-order chi connectivity index (χ0) is 21.8. The van der Waals surface area contributed by atoms with Crippen molar-refractivity contribution in [3.63, 3.8) is 0 Å². The molecule has 1 fully saturated rings. The molecule has 1 saturated heterocycles. The van der Waals surface area contributed by atoms with Crippen LogP contribution in [-0.4, -0.2) is 56.4 Å². The molecule has 1 aromatic heterocycles. The molecule has 1 amide bonds. The molecular formula is C25H26N2O4S. The molecule has 32 heavy (non-hydrogen) atoms. The third-order valence-electron chi connectivity index (χ3n) is 5.62. The molecule has 0 radical (unpaired) electrons. The standard InChI is InChI=1S/C25H26N2O4S/c28-25(26-15-20-17-27(10-11-29-20)16-18-4-2-1-3-5-18)24-9-8-23(32-24)19-6-7-21-22(14-19)31-13-12-30-21/h1-9,14,20H,10-13,15-17H2,(H,26,28). The van der Waals surface area contributed by atoms with Crippen LogP contribution in [0.2, 0.25) is 0 Å². The van der Waals surface area contributed by atoms with E-state index in [0.29, 0.717) is 31.2 Å². The summed E-state index contributed by atoms with van der Waals surface area (Å²) in [5.74, 6) is 1.45. The lowest BCUT2D eigenvalue weighted by Crippen LogP contribution is -2.47. The predicted molar refractivity (Wildman–Crippen MR) is 125 cm³/mol. The summed E-state index contributed by atoms with van der Waals surface area (Å²) in [6.07, 6.45) is -0.00589. The number of rotatable bonds is 6. The van der Waals surface area contributed by atoms with Crippen molar-refractivity contribution in [3.8, 4) is 21.9 Å². The summed E-state index contributed by atoms with van der Waals surface area (Å²) in [6, 6.07) is 20.2. The molecule has 1 atom stereocenters. The number of carbonyl (C=O) groups is 1. The van der Waals surface area contributed by atoms with Crippen LogP contribution in [0.4, 0.5) is 0 Å². The summed E-state index contributed by atoms with van der Waals surface area (Å²) in [4.78, 5) is 16.8. The fraction of sp³-hybridized carbons (Fsp3) is 0.320. The molecule has 2 aromatic carbocycles. The Hall–Kier alpha value is -2.87. The molecule has 2 aliphatic heterocycles. The minimum Gasteiger partial charge on any atom is -0.486 e. The van der Waals surface area contributed by atoms with Gasteiger partial charge in [0, 0.05) is 31.1 Å². The minimum absolute atomic E-state index is 0.00589. The number of benzene rings is 2. The van der Waals surface area contributed by atoms with Crippen molar-refractivity contribution >= 4 is 17.2 Å². The molecule has 3 heterocycles. The molecular weight excluding hydrogens is 424 g/mol. The first-order valence-electron chi connectivity index (χ1n) is 10.9. The SMILES string of the molecule is O=C(NCC1CN(Cc2ccccc2)CCO1)c1ccc(-c2ccc3c(c2)OCCO3)s1. The van der Waals surface area contributed by atoms with Gasteiger partial charge in [-0.2, -0.15) is 0 Å². The van der Waals surface area contributed by atoms with Crippen molar-refractivity contribution in [2.45, 2.75) is 12.6 Å². The first kappa shape index (κ1) is 21.0. The maximum absolute atomic E-state index is 12.7. The highest BCUT2D eigenvalue weighted by molar-refractivity contribution is 7.17. The summed E-state index contributed by atoms with van der Waals surface area (Å²) in [7, 11) is 0. The summed E-state index contributed by atoms with van der Waals surface area (Å²) in [5, 5.41) is 3.04. The summed E-state index contributed by atoms with van der Waals surface area (Å²) in [5.41, 5.74) is 2.31. The third-order valence-corrected chi connectivity index (χ3v) is 6.75. The summed E-state index contributed by atoms with van der Waals surface area (Å²) in [6.45, 7) is 4.93. The van der Waals surface area contributed by atoms with E-state index < -0.39 is 0 Å². The van der Waals surface area contributed by atoms with Crippen LogP contribution in [0.25, 0.3) is 10.4 Å². The fourth-order valence-electron chi connectivity index (χ4n) is 3.99. The van der Waals surface area contributed by atoms with Crippen LogP contribution >= 0.6 is 11.3 Å². The van der Waals surface area contributed by atoms with E-state index in [9.17, 15) is 4.79 Å². The normalized spacial score (nSPS) is 18.3. The number of amides is 1. The van der Waals surface area contributed by atoms with E-state index >= 15 is 0 Å². The first-order chi connectivity index (χ1) is 15.7. The Balaban J connectivity index is 1.16. The second-order valence-electron chi connectivity index (χ2n) is 7.95. The van der Waals surface area contributed by atoms with E-state index in [1.807, 2.05) is 36.4 Å². The van der Waals surface area contributed by atoms with Gasteiger partial charge >= 0.3 is 0 Å². The van der Waals surface area contributed by atoms with Gasteiger partial charge in [0.2, 0.25) is 0 Å². The number of nitrogens with zero attached hydrogens (tertiary/aromatic N) is 1. The van der Waals surface area contributed by atoms with Gasteiger partial charge < -0.3 is 19.5 Å². The van der Waals surface area contributed by atoms with E-state index in [4.69, 9.17) is 14.2 Å². The second kappa shape index (κ2) is 9.73. The highest BCUT2D eigenvalue weighted by Crippen LogP contribution is 2.36. The van der Waals surface area contributed by atoms with Crippen LogP contribution in [0.5, 0.6) is 11.5 Å². The zero-order valence-corrected chi connectivity index (χ0v) is 18.6. The number of thiophene rings is 1. The summed E-state index contributed by atoms with van der Waals surface area (Å²) < 4.78 is 17.1. The van der Waals surface area contributed by atoms with Crippen LogP contribution in [0.1, 0.15) is 15.2 Å². The van der Waals surface area contributed by atoms with Gasteiger partial charge in [-0.1, -0.05) is 30.3 Å². The molecule has 2 aliphatic rings. The number of nitrogens with one attached hydrogen (secondary N) is 1. The fourth-order valence-corrected chi connectivity index (χ4v) is 4.91. The monoisotopic (exact) mass is 450 g/mol. The molecule has 1 N–H and O–H groups in total. The molecule has 5 rings (SSSR count). The van der Waals surface area contributed by atoms with E-state index in [1.165, 1.54) is 16.9 Å². The van der Waals surface area contributed by atoms with Gasteiger partial charge in [-0.05, 0) is 41.5 Å². The van der Waals surface area contributed by atoms with Crippen LogP contribution in [0, 0.1) is 0 Å². The average molecular weight is 451 g/mol. The molecule has 0 spiro atoms. The van der Waals surface area contributed by atoms with Gasteiger partial charge in [0.1, 0.15) is 13.2 Å². The predicted octanol–water partition coefficient (Wildman–Crippen LogP) is 3.82. The lowest BCUT2D eigenvalue weighted by molar-refractivity contribution is -0.0292. The first-order valence-corrected chi connectivity index (χ1v) is 11.7. The third kappa shape index (κ3) is 4.96. The number of ether oxygens (including phenoxy) is 3. The minimum atomic E-state index is -0.0671. The lowest BCUT2D eigenvalue weighted by atomic mass is 10.1. The van der Waals surface area contributed by atoms with Crippen LogP contribution in [0.3, 0.4) is 0 Å². The lowest BCUT2D eigenvalue weighted by Gasteiger charge is -2.33. The van der Waals surface area contributed by atoms with Crippen LogP contribution in [-0.2, 0) is 11.3 Å². The Morgan fingerprint density at radius 3 is 2.72 bits per heavy atom. The maximum Gasteiger partial charge on any atom is 0.261 e. The molecule has 6 nitrogen and oxygen atoms in total. The Labute approximate surface area is 191 Å². The number of hydrogen-bond donors (Lipinski definition) is 1. The highest BCUT2D eigenvalue weighted by Gasteiger charge is 2.22. The summed E-state index contributed by atoms with van der Waals surface area (Å²) >= 11 is 1.47. The second-order valence-corrected chi connectivity index (χ2v) is 9.03. The maximum atomic E-state index is 12.7. The Bertz CT molecular complexity index is 1070. The zero-order valence-electron chi connectivity index (χ0n) is 17.8. The van der Waals surface area contributed by atoms with Crippen LogP contribution < -0.4 is 14.8 Å². The quantitative estimate of drug-likeness (QED) is 0.619.